The van der Waals surface area contributed by atoms with Gasteiger partial charge in [-0.1, -0.05) is 121 Å². The van der Waals surface area contributed by atoms with Crippen LogP contribution >= 0.6 is 0 Å². The van der Waals surface area contributed by atoms with E-state index >= 15 is 0 Å². The number of rotatable bonds is 4. The topological polar surface area (TPSA) is 54.4 Å². The van der Waals surface area contributed by atoms with E-state index in [4.69, 9.17) is 13.8 Å². The number of hydrogen-bond donors (Lipinski definition) is 1. The molecule has 228 valence electrons. The van der Waals surface area contributed by atoms with E-state index in [-0.39, 0.29) is 5.92 Å². The fourth-order valence-electron chi connectivity index (χ4n) is 6.83. The molecule has 0 amide bonds. The highest BCUT2D eigenvalue weighted by molar-refractivity contribution is 6.30. The van der Waals surface area contributed by atoms with E-state index in [2.05, 4.69) is 151 Å². The standard InChI is InChI=1S/C44H30N2O2/c1-5-13-29(14-6-1)41-33-21-23-35(45-33)42(30-15-7-2-8-16-30)37-25-27-39(47-37)44(32-19-11-4-12-20-32)40-28-26-38(48-40)43(31-17-9-3-10-18-31)36-24-22-34(41)46-36/h1-28,44-45H/b41-33-,42-35-,43-36-. The molecule has 8 bridgehead atoms. The van der Waals surface area contributed by atoms with Crippen LogP contribution in [0.1, 0.15) is 51.2 Å². The third-order valence-corrected chi connectivity index (χ3v) is 9.01. The van der Waals surface area contributed by atoms with Gasteiger partial charge >= 0.3 is 0 Å². The first kappa shape index (κ1) is 27.9. The van der Waals surface area contributed by atoms with Crippen molar-refractivity contribution in [2.24, 2.45) is 4.99 Å². The van der Waals surface area contributed by atoms with Crippen molar-refractivity contribution in [3.63, 3.8) is 0 Å². The number of aromatic amines is 1. The van der Waals surface area contributed by atoms with E-state index < -0.39 is 0 Å². The van der Waals surface area contributed by atoms with Crippen LogP contribution in [-0.4, -0.2) is 10.7 Å². The summed E-state index contributed by atoms with van der Waals surface area (Å²) in [5, 5.41) is 1.93. The van der Waals surface area contributed by atoms with Crippen molar-refractivity contribution in [2.45, 2.75) is 5.92 Å². The minimum Gasteiger partial charge on any atom is -0.460 e. The fraction of sp³-hybridized carbons (Fsp3) is 0.0227. The Morgan fingerprint density at radius 2 is 0.917 bits per heavy atom. The maximum Gasteiger partial charge on any atom is 0.137 e. The second-order valence-electron chi connectivity index (χ2n) is 12.0. The second kappa shape index (κ2) is 11.8. The predicted molar refractivity (Wildman–Crippen MR) is 191 cm³/mol. The minimum absolute atomic E-state index is 0.254. The molecule has 48 heavy (non-hydrogen) atoms. The highest BCUT2D eigenvalue weighted by Crippen LogP contribution is 2.39. The Morgan fingerprint density at radius 1 is 0.438 bits per heavy atom. The molecule has 4 nitrogen and oxygen atoms in total. The molecule has 0 saturated carbocycles. The lowest BCUT2D eigenvalue weighted by atomic mass is 9.94. The number of hydrogen-bond acceptors (Lipinski definition) is 3. The number of allylic oxidation sites excluding steroid dienone is 2. The summed E-state index contributed by atoms with van der Waals surface area (Å²) in [6.45, 7) is 0. The predicted octanol–water partition coefficient (Wildman–Crippen LogP) is 8.61. The van der Waals surface area contributed by atoms with E-state index in [9.17, 15) is 0 Å². The molecule has 1 unspecified atom stereocenters. The Bertz CT molecular complexity index is 2480. The van der Waals surface area contributed by atoms with Crippen molar-refractivity contribution < 1.29 is 8.83 Å². The molecule has 0 fully saturated rings. The first-order valence-electron chi connectivity index (χ1n) is 16.2. The molecule has 4 heteroatoms. The van der Waals surface area contributed by atoms with E-state index in [0.717, 1.165) is 84.1 Å². The van der Waals surface area contributed by atoms with Gasteiger partial charge in [-0.2, -0.15) is 0 Å². The van der Waals surface area contributed by atoms with Gasteiger partial charge in [0.15, 0.2) is 0 Å². The zero-order chi connectivity index (χ0) is 31.9. The Labute approximate surface area is 278 Å². The van der Waals surface area contributed by atoms with Crippen molar-refractivity contribution in [1.29, 1.82) is 0 Å². The molecule has 2 aliphatic rings. The SMILES string of the molecule is C1=C/C2=C(\c3ccccc3)c3ccc(o3)C(c3ccccc3)c3ccc(o3)/C(c3ccccc3)=c3/cc/c([nH]3)=C(\c3ccccc3)C1=N2. The van der Waals surface area contributed by atoms with Crippen molar-refractivity contribution >= 4 is 22.4 Å². The van der Waals surface area contributed by atoms with Crippen LogP contribution in [0.4, 0.5) is 0 Å². The molecule has 1 N–H and O–H groups in total. The van der Waals surface area contributed by atoms with E-state index in [1.54, 1.807) is 0 Å². The van der Waals surface area contributed by atoms with Gasteiger partial charge in [-0.15, -0.1) is 0 Å². The number of aromatic nitrogens is 1. The Hall–Kier alpha value is -6.39. The average molecular weight is 619 g/mol. The highest BCUT2D eigenvalue weighted by Gasteiger charge is 2.27. The maximum absolute atomic E-state index is 6.86. The van der Waals surface area contributed by atoms with Gasteiger partial charge in [-0.25, -0.2) is 4.99 Å². The Morgan fingerprint density at radius 3 is 1.50 bits per heavy atom. The molecule has 2 aliphatic heterocycles. The molecule has 0 spiro atoms. The molecule has 5 heterocycles. The Kier molecular flexibility index (Phi) is 6.83. The van der Waals surface area contributed by atoms with Gasteiger partial charge in [0.1, 0.15) is 29.0 Å². The Balaban J connectivity index is 1.40. The van der Waals surface area contributed by atoms with E-state index in [0.29, 0.717) is 0 Å². The zero-order valence-electron chi connectivity index (χ0n) is 26.0. The van der Waals surface area contributed by atoms with Crippen molar-refractivity contribution in [3.8, 4) is 0 Å². The third kappa shape index (κ3) is 4.91. The lowest BCUT2D eigenvalue weighted by Gasteiger charge is -2.14. The zero-order valence-corrected chi connectivity index (χ0v) is 26.0. The lowest BCUT2D eigenvalue weighted by molar-refractivity contribution is 0.440. The van der Waals surface area contributed by atoms with Crippen LogP contribution in [0.2, 0.25) is 0 Å². The summed E-state index contributed by atoms with van der Waals surface area (Å²) in [7, 11) is 0. The summed E-state index contributed by atoms with van der Waals surface area (Å²) in [5.74, 6) is 2.87. The van der Waals surface area contributed by atoms with Gasteiger partial charge < -0.3 is 13.8 Å². The first-order chi connectivity index (χ1) is 23.8. The van der Waals surface area contributed by atoms with Crippen LogP contribution in [0.15, 0.2) is 189 Å². The van der Waals surface area contributed by atoms with Gasteiger partial charge in [0.05, 0.1) is 22.3 Å². The summed E-state index contributed by atoms with van der Waals surface area (Å²) in [6.07, 6.45) is 4.20. The van der Waals surface area contributed by atoms with Gasteiger partial charge in [0.25, 0.3) is 0 Å². The summed E-state index contributed by atoms with van der Waals surface area (Å²) in [6, 6.07) is 54.1. The van der Waals surface area contributed by atoms with Gasteiger partial charge in [-0.05, 0) is 70.8 Å². The quantitative estimate of drug-likeness (QED) is 0.215. The molecule has 9 rings (SSSR count). The van der Waals surface area contributed by atoms with Crippen molar-refractivity contribution in [3.05, 3.63) is 232 Å². The molecule has 1 atom stereocenters. The summed E-state index contributed by atoms with van der Waals surface area (Å²) < 4.78 is 13.7. The monoisotopic (exact) mass is 618 g/mol. The highest BCUT2D eigenvalue weighted by atomic mass is 16.4. The molecular formula is C44H30N2O2. The number of furan rings is 2. The van der Waals surface area contributed by atoms with Gasteiger partial charge in [0, 0.05) is 16.5 Å². The van der Waals surface area contributed by atoms with Crippen molar-refractivity contribution in [2.75, 3.05) is 0 Å². The van der Waals surface area contributed by atoms with Crippen LogP contribution in [0, 0.1) is 0 Å². The van der Waals surface area contributed by atoms with Crippen molar-refractivity contribution in [1.82, 2.24) is 4.98 Å². The maximum atomic E-state index is 6.86. The van der Waals surface area contributed by atoms with Gasteiger partial charge in [-0.3, -0.25) is 0 Å². The number of nitrogens with one attached hydrogen (secondary N) is 1. The van der Waals surface area contributed by atoms with Crippen LogP contribution in [-0.2, 0) is 0 Å². The summed E-state index contributed by atoms with van der Waals surface area (Å²) >= 11 is 0. The number of benzene rings is 4. The molecular weight excluding hydrogens is 588 g/mol. The van der Waals surface area contributed by atoms with E-state index in [1.165, 1.54) is 0 Å². The normalized spacial score (nSPS) is 19.3. The summed E-state index contributed by atoms with van der Waals surface area (Å²) in [5.41, 5.74) is 8.91. The van der Waals surface area contributed by atoms with E-state index in [1.807, 2.05) is 24.3 Å². The smallest absolute Gasteiger partial charge is 0.137 e. The number of fused-ring (bicyclic) bond motifs is 7. The van der Waals surface area contributed by atoms with Crippen LogP contribution in [0.5, 0.6) is 0 Å². The fourth-order valence-corrected chi connectivity index (χ4v) is 6.83. The molecule has 4 aromatic carbocycles. The van der Waals surface area contributed by atoms with Crippen LogP contribution in [0.3, 0.4) is 0 Å². The van der Waals surface area contributed by atoms with Crippen LogP contribution in [0.25, 0.3) is 16.7 Å². The molecule has 7 aromatic rings. The third-order valence-electron chi connectivity index (χ3n) is 9.01. The number of H-pyrrole nitrogens is 1. The summed E-state index contributed by atoms with van der Waals surface area (Å²) in [4.78, 5) is 9.09. The lowest BCUT2D eigenvalue weighted by Crippen LogP contribution is -2.19. The first-order valence-corrected chi connectivity index (χ1v) is 16.2. The minimum atomic E-state index is -0.254. The molecule has 0 aliphatic carbocycles. The largest absolute Gasteiger partial charge is 0.460 e. The number of aliphatic imine (C=N–C) groups is 1. The molecule has 0 saturated heterocycles. The molecule has 0 radical (unpaired) electrons. The van der Waals surface area contributed by atoms with Crippen LogP contribution < -0.4 is 10.7 Å². The average Bonchev–Trinajstić information content (AvgIpc) is 3.98. The molecule has 3 aromatic heterocycles. The second-order valence-corrected chi connectivity index (χ2v) is 12.0. The van der Waals surface area contributed by atoms with Gasteiger partial charge in [0.2, 0.25) is 0 Å². The number of nitrogens with zero attached hydrogens (tertiary/aromatic N) is 1.